The molecule has 1 rings (SSSR count). The van der Waals surface area contributed by atoms with E-state index in [0.29, 0.717) is 19.3 Å². The summed E-state index contributed by atoms with van der Waals surface area (Å²) in [5.74, 6) is -0.410. The van der Waals surface area contributed by atoms with Gasteiger partial charge in [-0.2, -0.15) is 0 Å². The molecule has 1 aliphatic heterocycles. The van der Waals surface area contributed by atoms with E-state index >= 15 is 0 Å². The van der Waals surface area contributed by atoms with Gasteiger partial charge in [-0.05, 0) is 24.6 Å². The second-order valence-electron chi connectivity index (χ2n) is 2.30. The summed E-state index contributed by atoms with van der Waals surface area (Å²) in [5.41, 5.74) is 0. The molecule has 1 unspecified atom stereocenters. The number of carbonyl (C=O) groups is 2. The van der Waals surface area contributed by atoms with Gasteiger partial charge in [0.05, 0.1) is 6.04 Å². The van der Waals surface area contributed by atoms with Crippen molar-refractivity contribution in [3.8, 4) is 0 Å². The Morgan fingerprint density at radius 2 is 2.40 bits per heavy atom. The van der Waals surface area contributed by atoms with Crippen molar-refractivity contribution in [2.75, 3.05) is 6.54 Å². The quantitative estimate of drug-likeness (QED) is 0.334. The largest absolute Gasteiger partial charge is 0.295 e. The molecule has 10 heavy (non-hydrogen) atoms. The summed E-state index contributed by atoms with van der Waals surface area (Å²) in [6.07, 6.45) is 1.94. The van der Waals surface area contributed by atoms with Crippen LogP contribution in [0.25, 0.3) is 0 Å². The molecule has 0 aromatic carbocycles. The second-order valence-corrected chi connectivity index (χ2v) is 2.74. The fourth-order valence-electron chi connectivity index (χ4n) is 1.09. The van der Waals surface area contributed by atoms with Crippen molar-refractivity contribution in [2.24, 2.45) is 0 Å². The Hall–Kier alpha value is -0.410. The van der Waals surface area contributed by atoms with E-state index in [1.54, 1.807) is 0 Å². The SMILES string of the molecule is O=CC(=O)C1CCCN1Cl. The average molecular weight is 162 g/mol. The maximum Gasteiger partial charge on any atom is 0.213 e. The molecule has 0 N–H and O–H groups in total. The van der Waals surface area contributed by atoms with E-state index in [2.05, 4.69) is 0 Å². The Morgan fingerprint density at radius 3 is 2.80 bits per heavy atom. The minimum atomic E-state index is -0.410. The van der Waals surface area contributed by atoms with Crippen LogP contribution in [0.1, 0.15) is 12.8 Å². The average Bonchev–Trinajstić information content (AvgIpc) is 2.34. The third-order valence-corrected chi connectivity index (χ3v) is 2.04. The van der Waals surface area contributed by atoms with Gasteiger partial charge in [0.1, 0.15) is 0 Å². The Kier molecular flexibility index (Phi) is 2.40. The van der Waals surface area contributed by atoms with Crippen LogP contribution >= 0.6 is 11.8 Å². The summed E-state index contributed by atoms with van der Waals surface area (Å²) in [4.78, 5) is 20.7. The first-order valence-electron chi connectivity index (χ1n) is 3.17. The Balaban J connectivity index is 2.54. The number of rotatable bonds is 2. The van der Waals surface area contributed by atoms with Crippen molar-refractivity contribution < 1.29 is 9.59 Å². The van der Waals surface area contributed by atoms with Crippen LogP contribution in [0.3, 0.4) is 0 Å². The highest BCUT2D eigenvalue weighted by Gasteiger charge is 2.28. The maximum absolute atomic E-state index is 10.7. The zero-order valence-corrected chi connectivity index (χ0v) is 6.17. The topological polar surface area (TPSA) is 37.4 Å². The summed E-state index contributed by atoms with van der Waals surface area (Å²) in [7, 11) is 0. The predicted octanol–water partition coefficient (Wildman–Crippen LogP) is 0.373. The van der Waals surface area contributed by atoms with Crippen LogP contribution < -0.4 is 0 Å². The van der Waals surface area contributed by atoms with Crippen molar-refractivity contribution >= 4 is 23.8 Å². The lowest BCUT2D eigenvalue weighted by atomic mass is 10.1. The summed E-state index contributed by atoms with van der Waals surface area (Å²) in [6.45, 7) is 0.700. The molecule has 0 radical (unpaired) electrons. The van der Waals surface area contributed by atoms with Crippen molar-refractivity contribution in [3.05, 3.63) is 0 Å². The lowest BCUT2D eigenvalue weighted by Gasteiger charge is -2.10. The highest BCUT2D eigenvalue weighted by atomic mass is 35.5. The minimum absolute atomic E-state index is 0.339. The van der Waals surface area contributed by atoms with Gasteiger partial charge in [-0.15, -0.1) is 0 Å². The fourth-order valence-corrected chi connectivity index (χ4v) is 1.40. The van der Waals surface area contributed by atoms with E-state index in [1.165, 1.54) is 4.42 Å². The van der Waals surface area contributed by atoms with Gasteiger partial charge in [0.2, 0.25) is 5.78 Å². The Bertz CT molecular complexity index is 160. The molecule has 0 spiro atoms. The van der Waals surface area contributed by atoms with E-state index < -0.39 is 5.78 Å². The number of halogens is 1. The molecule has 0 aliphatic carbocycles. The highest BCUT2D eigenvalue weighted by molar-refractivity contribution is 6.29. The highest BCUT2D eigenvalue weighted by Crippen LogP contribution is 2.18. The van der Waals surface area contributed by atoms with E-state index in [-0.39, 0.29) is 6.04 Å². The zero-order valence-electron chi connectivity index (χ0n) is 5.42. The van der Waals surface area contributed by atoms with E-state index in [1.807, 2.05) is 0 Å². The van der Waals surface area contributed by atoms with Gasteiger partial charge in [-0.25, -0.2) is 4.42 Å². The van der Waals surface area contributed by atoms with Crippen molar-refractivity contribution in [2.45, 2.75) is 18.9 Å². The summed E-state index contributed by atoms with van der Waals surface area (Å²) < 4.78 is 1.40. The molecule has 0 saturated carbocycles. The number of carbonyl (C=O) groups excluding carboxylic acids is 2. The third kappa shape index (κ3) is 1.36. The van der Waals surface area contributed by atoms with Crippen molar-refractivity contribution in [3.63, 3.8) is 0 Å². The van der Waals surface area contributed by atoms with Gasteiger partial charge >= 0.3 is 0 Å². The molecular weight excluding hydrogens is 154 g/mol. The van der Waals surface area contributed by atoms with Crippen LogP contribution in [0.5, 0.6) is 0 Å². The molecule has 56 valence electrons. The smallest absolute Gasteiger partial charge is 0.213 e. The minimum Gasteiger partial charge on any atom is -0.295 e. The monoisotopic (exact) mass is 161 g/mol. The molecule has 1 heterocycles. The standard InChI is InChI=1S/C6H8ClNO2/c7-8-3-1-2-5(8)6(10)4-9/h4-5H,1-3H2. The molecule has 3 nitrogen and oxygen atoms in total. The Morgan fingerprint density at radius 1 is 1.70 bits per heavy atom. The van der Waals surface area contributed by atoms with E-state index in [0.717, 1.165) is 6.42 Å². The second kappa shape index (κ2) is 3.12. The fraction of sp³-hybridized carbons (Fsp3) is 0.667. The molecule has 1 aliphatic rings. The van der Waals surface area contributed by atoms with Gasteiger partial charge in [0.25, 0.3) is 0 Å². The third-order valence-electron chi connectivity index (χ3n) is 1.63. The van der Waals surface area contributed by atoms with Gasteiger partial charge in [0, 0.05) is 6.54 Å². The molecule has 1 atom stereocenters. The lowest BCUT2D eigenvalue weighted by molar-refractivity contribution is -0.131. The number of aldehydes is 1. The van der Waals surface area contributed by atoms with Crippen molar-refractivity contribution in [1.29, 1.82) is 0 Å². The molecule has 0 amide bonds. The molecule has 4 heteroatoms. The number of Topliss-reactive ketones (excluding diaryl/α,β-unsaturated/α-hetero) is 1. The molecule has 0 aromatic heterocycles. The molecule has 1 saturated heterocycles. The van der Waals surface area contributed by atoms with Crippen LogP contribution in [-0.4, -0.2) is 29.1 Å². The predicted molar refractivity (Wildman–Crippen MR) is 36.7 cm³/mol. The lowest BCUT2D eigenvalue weighted by Crippen LogP contribution is -2.29. The molecule has 0 aromatic rings. The summed E-state index contributed by atoms with van der Waals surface area (Å²) in [6, 6.07) is -0.362. The summed E-state index contributed by atoms with van der Waals surface area (Å²) in [5, 5.41) is 0. The van der Waals surface area contributed by atoms with Gasteiger partial charge in [-0.1, -0.05) is 0 Å². The van der Waals surface area contributed by atoms with E-state index in [4.69, 9.17) is 11.8 Å². The van der Waals surface area contributed by atoms with Crippen LogP contribution in [0.15, 0.2) is 0 Å². The molecule has 0 bridgehead atoms. The molecular formula is C6H8ClNO2. The van der Waals surface area contributed by atoms with Crippen molar-refractivity contribution in [1.82, 2.24) is 4.42 Å². The first kappa shape index (κ1) is 7.69. The maximum atomic E-state index is 10.7. The van der Waals surface area contributed by atoms with Crippen LogP contribution in [-0.2, 0) is 9.59 Å². The van der Waals surface area contributed by atoms with Gasteiger partial charge < -0.3 is 0 Å². The normalized spacial score (nSPS) is 26.7. The first-order valence-corrected chi connectivity index (χ1v) is 3.51. The van der Waals surface area contributed by atoms with Crippen LogP contribution in [0.4, 0.5) is 0 Å². The first-order chi connectivity index (χ1) is 4.75. The summed E-state index contributed by atoms with van der Waals surface area (Å²) >= 11 is 5.61. The number of hydrogen-bond donors (Lipinski definition) is 0. The van der Waals surface area contributed by atoms with E-state index in [9.17, 15) is 9.59 Å². The van der Waals surface area contributed by atoms with Gasteiger partial charge in [0.15, 0.2) is 6.29 Å². The number of hydrogen-bond acceptors (Lipinski definition) is 3. The number of nitrogens with zero attached hydrogens (tertiary/aromatic N) is 1. The zero-order chi connectivity index (χ0) is 7.56. The Labute approximate surface area is 64.1 Å². The van der Waals surface area contributed by atoms with Gasteiger partial charge in [-0.3, -0.25) is 9.59 Å². The number of ketones is 1. The molecule has 1 fully saturated rings. The van der Waals surface area contributed by atoms with Crippen LogP contribution in [0, 0.1) is 0 Å². The van der Waals surface area contributed by atoms with Crippen LogP contribution in [0.2, 0.25) is 0 Å².